The van der Waals surface area contributed by atoms with Gasteiger partial charge < -0.3 is 5.11 Å². The molecule has 0 bridgehead atoms. The van der Waals surface area contributed by atoms with Gasteiger partial charge in [-0.05, 0) is 23.8 Å². The van der Waals surface area contributed by atoms with Crippen molar-refractivity contribution in [3.05, 3.63) is 53.4 Å². The Labute approximate surface area is 142 Å². The Bertz CT molecular complexity index is 1060. The fourth-order valence-electron chi connectivity index (χ4n) is 2.40. The van der Waals surface area contributed by atoms with Crippen LogP contribution in [-0.2, 0) is 9.84 Å². The molecular formula is C16H11ClN2O4S. The maximum Gasteiger partial charge on any atom is 0.337 e. The normalized spacial score (nSPS) is 11.6. The summed E-state index contributed by atoms with van der Waals surface area (Å²) in [7, 11) is -3.33. The van der Waals surface area contributed by atoms with Crippen LogP contribution in [0.4, 0.5) is 0 Å². The number of nitrogens with zero attached hydrogens (tertiary/aromatic N) is 2. The Morgan fingerprint density at radius 1 is 1.21 bits per heavy atom. The molecule has 0 spiro atoms. The van der Waals surface area contributed by atoms with Crippen LogP contribution in [0, 0.1) is 0 Å². The highest BCUT2D eigenvalue weighted by atomic mass is 35.5. The van der Waals surface area contributed by atoms with Gasteiger partial charge in [-0.2, -0.15) is 0 Å². The fraction of sp³-hybridized carbons (Fsp3) is 0.0625. The summed E-state index contributed by atoms with van der Waals surface area (Å²) in [4.78, 5) is 19.7. The SMILES string of the molecule is CS(=O)(=O)c1ccc(-c2c(Cl)c(C(=O)O)cc3cncnc23)cc1. The van der Waals surface area contributed by atoms with Crippen LogP contribution < -0.4 is 0 Å². The van der Waals surface area contributed by atoms with Crippen LogP contribution in [0.25, 0.3) is 22.0 Å². The Morgan fingerprint density at radius 3 is 2.46 bits per heavy atom. The summed E-state index contributed by atoms with van der Waals surface area (Å²) in [5, 5.41) is 9.91. The number of halogens is 1. The van der Waals surface area contributed by atoms with E-state index in [1.165, 1.54) is 30.7 Å². The minimum Gasteiger partial charge on any atom is -0.478 e. The highest BCUT2D eigenvalue weighted by molar-refractivity contribution is 7.90. The Balaban J connectivity index is 2.32. The maximum atomic E-state index is 11.6. The second-order valence-electron chi connectivity index (χ2n) is 5.18. The van der Waals surface area contributed by atoms with Gasteiger partial charge in [0.25, 0.3) is 0 Å². The van der Waals surface area contributed by atoms with Gasteiger partial charge in [-0.3, -0.25) is 0 Å². The van der Waals surface area contributed by atoms with E-state index in [1.54, 1.807) is 12.1 Å². The molecule has 1 N–H and O–H groups in total. The standard InChI is InChI=1S/C16H11ClN2O4S/c1-24(22,23)11-4-2-9(3-5-11)13-14(17)12(16(20)21)6-10-7-18-8-19-15(10)13/h2-8H,1H3,(H,20,21). The van der Waals surface area contributed by atoms with Crippen LogP contribution in [0.3, 0.4) is 0 Å². The molecule has 24 heavy (non-hydrogen) atoms. The molecule has 0 aliphatic carbocycles. The van der Waals surface area contributed by atoms with E-state index < -0.39 is 15.8 Å². The molecule has 6 nitrogen and oxygen atoms in total. The van der Waals surface area contributed by atoms with Crippen molar-refractivity contribution >= 4 is 38.3 Å². The van der Waals surface area contributed by atoms with Crippen molar-refractivity contribution in [2.24, 2.45) is 0 Å². The third kappa shape index (κ3) is 2.83. The summed E-state index contributed by atoms with van der Waals surface area (Å²) >= 11 is 6.29. The molecule has 3 aromatic rings. The van der Waals surface area contributed by atoms with Gasteiger partial charge in [-0.1, -0.05) is 23.7 Å². The van der Waals surface area contributed by atoms with Crippen LogP contribution in [0.2, 0.25) is 5.02 Å². The molecule has 1 aromatic heterocycles. The minimum absolute atomic E-state index is 0.0424. The Kier molecular flexibility index (Phi) is 3.98. The molecule has 0 saturated carbocycles. The Hall–Kier alpha value is -2.51. The average molecular weight is 363 g/mol. The van der Waals surface area contributed by atoms with Crippen molar-refractivity contribution < 1.29 is 18.3 Å². The number of carbonyl (C=O) groups is 1. The number of hydrogen-bond acceptors (Lipinski definition) is 5. The average Bonchev–Trinajstić information content (AvgIpc) is 2.53. The molecule has 8 heteroatoms. The molecule has 0 atom stereocenters. The van der Waals surface area contributed by atoms with Crippen LogP contribution in [-0.4, -0.2) is 35.7 Å². The second-order valence-corrected chi connectivity index (χ2v) is 7.57. The zero-order chi connectivity index (χ0) is 17.5. The summed E-state index contributed by atoms with van der Waals surface area (Å²) in [5.74, 6) is -1.17. The van der Waals surface area contributed by atoms with Crippen molar-refractivity contribution in [2.45, 2.75) is 4.90 Å². The van der Waals surface area contributed by atoms with Crippen LogP contribution in [0.5, 0.6) is 0 Å². The van der Waals surface area contributed by atoms with E-state index in [9.17, 15) is 18.3 Å². The highest BCUT2D eigenvalue weighted by Crippen LogP contribution is 2.37. The second kappa shape index (κ2) is 5.85. The molecule has 0 fully saturated rings. The van der Waals surface area contributed by atoms with Gasteiger partial charge in [0.2, 0.25) is 0 Å². The number of carboxylic acid groups (broad SMARTS) is 1. The van der Waals surface area contributed by atoms with Gasteiger partial charge in [-0.25, -0.2) is 23.2 Å². The molecule has 0 aliphatic rings. The third-order valence-corrected chi connectivity index (χ3v) is 5.06. The van der Waals surface area contributed by atoms with Crippen molar-refractivity contribution in [3.63, 3.8) is 0 Å². The van der Waals surface area contributed by atoms with Crippen molar-refractivity contribution in [2.75, 3.05) is 6.26 Å². The number of aromatic nitrogens is 2. The first kappa shape index (κ1) is 16.4. The molecule has 3 rings (SSSR count). The van der Waals surface area contributed by atoms with Gasteiger partial charge in [0, 0.05) is 23.4 Å². The summed E-state index contributed by atoms with van der Waals surface area (Å²) in [6.07, 6.45) is 3.95. The molecular weight excluding hydrogens is 352 g/mol. The van der Waals surface area contributed by atoms with Crippen LogP contribution in [0.15, 0.2) is 47.8 Å². The maximum absolute atomic E-state index is 11.6. The first-order chi connectivity index (χ1) is 11.3. The predicted molar refractivity (Wildman–Crippen MR) is 90.1 cm³/mol. The van der Waals surface area contributed by atoms with Gasteiger partial charge in [0.05, 0.1) is 21.0 Å². The lowest BCUT2D eigenvalue weighted by Gasteiger charge is -2.11. The lowest BCUT2D eigenvalue weighted by molar-refractivity contribution is 0.0697. The number of sulfone groups is 1. The number of rotatable bonds is 3. The predicted octanol–water partition coefficient (Wildman–Crippen LogP) is 3.05. The summed E-state index contributed by atoms with van der Waals surface area (Å²) in [5.41, 5.74) is 1.42. The molecule has 0 aliphatic heterocycles. The summed E-state index contributed by atoms with van der Waals surface area (Å²) in [6.45, 7) is 0. The molecule has 1 heterocycles. The van der Waals surface area contributed by atoms with Gasteiger partial charge in [-0.15, -0.1) is 0 Å². The number of carboxylic acids is 1. The minimum atomic E-state index is -3.33. The number of benzene rings is 2. The van der Waals surface area contributed by atoms with Gasteiger partial charge in [0.1, 0.15) is 6.33 Å². The smallest absolute Gasteiger partial charge is 0.337 e. The number of fused-ring (bicyclic) bond motifs is 1. The zero-order valence-electron chi connectivity index (χ0n) is 12.4. The van der Waals surface area contributed by atoms with Crippen LogP contribution >= 0.6 is 11.6 Å². The molecule has 2 aromatic carbocycles. The summed E-state index contributed by atoms with van der Waals surface area (Å²) < 4.78 is 23.2. The molecule has 0 saturated heterocycles. The third-order valence-electron chi connectivity index (χ3n) is 3.53. The lowest BCUT2D eigenvalue weighted by Crippen LogP contribution is -2.01. The van der Waals surface area contributed by atoms with E-state index in [4.69, 9.17) is 11.6 Å². The van der Waals surface area contributed by atoms with E-state index >= 15 is 0 Å². The quantitative estimate of drug-likeness (QED) is 0.769. The van der Waals surface area contributed by atoms with Crippen molar-refractivity contribution in [1.82, 2.24) is 9.97 Å². The van der Waals surface area contributed by atoms with E-state index in [0.717, 1.165) is 6.26 Å². The monoisotopic (exact) mass is 362 g/mol. The van der Waals surface area contributed by atoms with E-state index in [1.807, 2.05) is 0 Å². The van der Waals surface area contributed by atoms with E-state index in [2.05, 4.69) is 9.97 Å². The van der Waals surface area contributed by atoms with Gasteiger partial charge >= 0.3 is 5.97 Å². The molecule has 0 radical (unpaired) electrons. The van der Waals surface area contributed by atoms with E-state index in [-0.39, 0.29) is 15.5 Å². The zero-order valence-corrected chi connectivity index (χ0v) is 14.0. The first-order valence-corrected chi connectivity index (χ1v) is 9.02. The Morgan fingerprint density at radius 2 is 1.88 bits per heavy atom. The van der Waals surface area contributed by atoms with Crippen LogP contribution in [0.1, 0.15) is 10.4 Å². The molecule has 122 valence electrons. The number of hydrogen-bond donors (Lipinski definition) is 1. The topological polar surface area (TPSA) is 97.2 Å². The van der Waals surface area contributed by atoms with Crippen molar-refractivity contribution in [3.8, 4) is 11.1 Å². The first-order valence-electron chi connectivity index (χ1n) is 6.75. The lowest BCUT2D eigenvalue weighted by atomic mass is 9.99. The number of aromatic carboxylic acids is 1. The largest absolute Gasteiger partial charge is 0.478 e. The molecule has 0 unspecified atom stereocenters. The fourth-order valence-corrected chi connectivity index (χ4v) is 3.36. The highest BCUT2D eigenvalue weighted by Gasteiger charge is 2.19. The summed E-state index contributed by atoms with van der Waals surface area (Å²) in [6, 6.07) is 7.45. The van der Waals surface area contributed by atoms with Crippen molar-refractivity contribution in [1.29, 1.82) is 0 Å². The van der Waals surface area contributed by atoms with Gasteiger partial charge in [0.15, 0.2) is 9.84 Å². The molecule has 0 amide bonds. The van der Waals surface area contributed by atoms with E-state index in [0.29, 0.717) is 22.0 Å².